The first-order valence-corrected chi connectivity index (χ1v) is 5.02. The minimum Gasteiger partial charge on any atom is -0.225 e. The van der Waals surface area contributed by atoms with Crippen LogP contribution >= 0.6 is 0 Å². The third-order valence-electron chi connectivity index (χ3n) is 1.91. The number of aryl methyl sites for hydroxylation is 1. The summed E-state index contributed by atoms with van der Waals surface area (Å²) in [5.41, 5.74) is 2.16. The minimum atomic E-state index is 0.825. The van der Waals surface area contributed by atoms with Gasteiger partial charge in [-0.15, -0.1) is 0 Å². The zero-order chi connectivity index (χ0) is 10.2. The Morgan fingerprint density at radius 2 is 1.93 bits per heavy atom. The third-order valence-corrected chi connectivity index (χ3v) is 1.91. The molecule has 0 N–H and O–H groups in total. The normalized spacial score (nSPS) is 9.29. The zero-order valence-electron chi connectivity index (χ0n) is 8.83. The van der Waals surface area contributed by atoms with E-state index in [1.54, 1.807) is 0 Å². The first-order valence-electron chi connectivity index (χ1n) is 5.02. The highest BCUT2D eigenvalue weighted by molar-refractivity contribution is 5.52. The molecule has 2 nitrogen and oxygen atoms in total. The molecule has 1 rings (SSSR count). The maximum atomic E-state index is 4.10. The molecule has 0 aliphatic heterocycles. The summed E-state index contributed by atoms with van der Waals surface area (Å²) in [6, 6.07) is 10.7. The Balaban J connectivity index is 2.51. The van der Waals surface area contributed by atoms with E-state index >= 15 is 0 Å². The van der Waals surface area contributed by atoms with E-state index in [4.69, 9.17) is 0 Å². The molecule has 0 saturated carbocycles. The van der Waals surface area contributed by atoms with Gasteiger partial charge in [-0.1, -0.05) is 31.0 Å². The molecule has 0 radical (unpaired) electrons. The Kier molecular flexibility index (Phi) is 4.66. The number of unbranched alkanes of at least 4 members (excludes halogenated alkanes) is 1. The molecule has 0 atom stereocenters. The van der Waals surface area contributed by atoms with Crippen molar-refractivity contribution >= 4 is 11.7 Å². The van der Waals surface area contributed by atoms with Crippen LogP contribution in [0.4, 0.5) is 5.69 Å². The van der Waals surface area contributed by atoms with Crippen LogP contribution in [-0.4, -0.2) is 12.6 Å². The fourth-order valence-electron chi connectivity index (χ4n) is 1.000. The zero-order valence-corrected chi connectivity index (χ0v) is 8.83. The van der Waals surface area contributed by atoms with Crippen LogP contribution in [0.3, 0.4) is 0 Å². The van der Waals surface area contributed by atoms with Gasteiger partial charge in [-0.05, 0) is 25.5 Å². The Hall–Kier alpha value is -1.40. The van der Waals surface area contributed by atoms with Crippen LogP contribution in [0.15, 0.2) is 34.3 Å². The summed E-state index contributed by atoms with van der Waals surface area (Å²) in [5, 5.41) is 0. The van der Waals surface area contributed by atoms with E-state index in [-0.39, 0.29) is 0 Å². The fourth-order valence-corrected chi connectivity index (χ4v) is 1.000. The van der Waals surface area contributed by atoms with Gasteiger partial charge in [0.1, 0.15) is 0 Å². The lowest BCUT2D eigenvalue weighted by Crippen LogP contribution is -1.75. The highest BCUT2D eigenvalue weighted by Crippen LogP contribution is 2.10. The summed E-state index contributed by atoms with van der Waals surface area (Å²) in [6.07, 6.45) is 2.27. The van der Waals surface area contributed by atoms with E-state index in [0.717, 1.165) is 25.1 Å². The molecule has 0 unspecified atom stereocenters. The second-order valence-corrected chi connectivity index (χ2v) is 3.28. The highest BCUT2D eigenvalue weighted by atomic mass is 14.8. The largest absolute Gasteiger partial charge is 0.225 e. The summed E-state index contributed by atoms with van der Waals surface area (Å²) < 4.78 is 0. The molecule has 74 valence electrons. The van der Waals surface area contributed by atoms with Gasteiger partial charge in [0, 0.05) is 6.54 Å². The number of aliphatic imine (C=N–C) groups is 2. The average molecular weight is 188 g/mol. The summed E-state index contributed by atoms with van der Waals surface area (Å²) in [4.78, 5) is 8.16. The summed E-state index contributed by atoms with van der Waals surface area (Å²) in [5.74, 6) is 0. The molecule has 14 heavy (non-hydrogen) atoms. The van der Waals surface area contributed by atoms with Crippen molar-refractivity contribution in [1.29, 1.82) is 0 Å². The average Bonchev–Trinajstić information content (AvgIpc) is 2.21. The van der Waals surface area contributed by atoms with Gasteiger partial charge in [0.25, 0.3) is 0 Å². The van der Waals surface area contributed by atoms with Gasteiger partial charge in [0.2, 0.25) is 0 Å². The van der Waals surface area contributed by atoms with Crippen LogP contribution in [-0.2, 0) is 0 Å². The molecule has 1 aromatic rings. The molecule has 0 aliphatic rings. The SMILES string of the molecule is CCCCN=C=Nc1ccc(C)cc1. The molecule has 0 aliphatic carbocycles. The minimum absolute atomic E-state index is 0.825. The van der Waals surface area contributed by atoms with Crippen molar-refractivity contribution in [2.45, 2.75) is 26.7 Å². The molecule has 0 heterocycles. The molecule has 0 saturated heterocycles. The van der Waals surface area contributed by atoms with Gasteiger partial charge in [0.15, 0.2) is 0 Å². The lowest BCUT2D eigenvalue weighted by molar-refractivity contribution is 0.810. The Labute approximate surface area is 85.4 Å². The lowest BCUT2D eigenvalue weighted by Gasteiger charge is -1.91. The predicted octanol–water partition coefficient (Wildman–Crippen LogP) is 3.60. The molecule has 0 aromatic heterocycles. The Bertz CT molecular complexity index is 319. The second kappa shape index (κ2) is 6.11. The summed E-state index contributed by atoms with van der Waals surface area (Å²) in [7, 11) is 0. The molecule has 0 fully saturated rings. The van der Waals surface area contributed by atoms with E-state index in [0.29, 0.717) is 0 Å². The van der Waals surface area contributed by atoms with Crippen molar-refractivity contribution in [3.63, 3.8) is 0 Å². The fraction of sp³-hybridized carbons (Fsp3) is 0.417. The molecular formula is C12H16N2. The summed E-state index contributed by atoms with van der Waals surface area (Å²) >= 11 is 0. The number of nitrogens with zero attached hydrogens (tertiary/aromatic N) is 2. The van der Waals surface area contributed by atoms with Crippen molar-refractivity contribution in [3.05, 3.63) is 29.8 Å². The Morgan fingerprint density at radius 1 is 1.21 bits per heavy atom. The van der Waals surface area contributed by atoms with Crippen molar-refractivity contribution in [3.8, 4) is 0 Å². The molecule has 0 amide bonds. The van der Waals surface area contributed by atoms with E-state index < -0.39 is 0 Å². The number of hydrogen-bond donors (Lipinski definition) is 0. The molecule has 1 aromatic carbocycles. The second-order valence-electron chi connectivity index (χ2n) is 3.28. The molecule has 0 bridgehead atoms. The standard InChI is InChI=1S/C12H16N2/c1-3-4-9-13-10-14-12-7-5-11(2)6-8-12/h5-8H,3-4,9H2,1-2H3. The van der Waals surface area contributed by atoms with Crippen LogP contribution in [0.2, 0.25) is 0 Å². The van der Waals surface area contributed by atoms with Gasteiger partial charge >= 0.3 is 0 Å². The molecular weight excluding hydrogens is 172 g/mol. The van der Waals surface area contributed by atoms with E-state index in [9.17, 15) is 0 Å². The Morgan fingerprint density at radius 3 is 2.57 bits per heavy atom. The lowest BCUT2D eigenvalue weighted by atomic mass is 10.2. The monoisotopic (exact) mass is 188 g/mol. The maximum Gasteiger partial charge on any atom is 0.0948 e. The first kappa shape index (κ1) is 10.7. The third kappa shape index (κ3) is 4.01. The van der Waals surface area contributed by atoms with Crippen LogP contribution < -0.4 is 0 Å². The molecule has 0 spiro atoms. The van der Waals surface area contributed by atoms with Crippen LogP contribution in [0.1, 0.15) is 25.3 Å². The van der Waals surface area contributed by atoms with Crippen LogP contribution in [0.25, 0.3) is 0 Å². The van der Waals surface area contributed by atoms with Crippen molar-refractivity contribution < 1.29 is 0 Å². The van der Waals surface area contributed by atoms with Gasteiger partial charge < -0.3 is 0 Å². The van der Waals surface area contributed by atoms with E-state index in [1.165, 1.54) is 5.56 Å². The number of benzene rings is 1. The smallest absolute Gasteiger partial charge is 0.0948 e. The van der Waals surface area contributed by atoms with Gasteiger partial charge in [-0.2, -0.15) is 4.99 Å². The highest BCUT2D eigenvalue weighted by Gasteiger charge is 1.85. The molecule has 2 heteroatoms. The van der Waals surface area contributed by atoms with Gasteiger partial charge in [-0.25, -0.2) is 4.99 Å². The van der Waals surface area contributed by atoms with Crippen LogP contribution in [0, 0.1) is 6.92 Å². The predicted molar refractivity (Wildman–Crippen MR) is 60.5 cm³/mol. The van der Waals surface area contributed by atoms with Crippen LogP contribution in [0.5, 0.6) is 0 Å². The summed E-state index contributed by atoms with van der Waals surface area (Å²) in [6.45, 7) is 5.03. The topological polar surface area (TPSA) is 24.7 Å². The van der Waals surface area contributed by atoms with Crippen molar-refractivity contribution in [1.82, 2.24) is 0 Å². The van der Waals surface area contributed by atoms with Crippen molar-refractivity contribution in [2.24, 2.45) is 9.98 Å². The van der Waals surface area contributed by atoms with Gasteiger partial charge in [0.05, 0.1) is 11.7 Å². The van der Waals surface area contributed by atoms with Gasteiger partial charge in [-0.3, -0.25) is 0 Å². The number of hydrogen-bond acceptors (Lipinski definition) is 2. The maximum absolute atomic E-state index is 4.10. The van der Waals surface area contributed by atoms with E-state index in [1.807, 2.05) is 24.3 Å². The first-order chi connectivity index (χ1) is 6.83. The van der Waals surface area contributed by atoms with Crippen molar-refractivity contribution in [2.75, 3.05) is 6.54 Å². The van der Waals surface area contributed by atoms with E-state index in [2.05, 4.69) is 29.8 Å². The quantitative estimate of drug-likeness (QED) is 0.509. The number of rotatable bonds is 4.